The molecule has 0 aliphatic rings. The molecule has 13 aromatic rings. The number of aromatic nitrogens is 2. The first kappa shape index (κ1) is 31.4. The van der Waals surface area contributed by atoms with Crippen molar-refractivity contribution in [2.75, 3.05) is 0 Å². The fourth-order valence-corrected chi connectivity index (χ4v) is 9.45. The fraction of sp³-hybridized carbons (Fsp3) is 0. The molecule has 0 spiro atoms. The highest BCUT2D eigenvalue weighted by Gasteiger charge is 2.18. The van der Waals surface area contributed by atoms with Crippen molar-refractivity contribution in [2.45, 2.75) is 0 Å². The summed E-state index contributed by atoms with van der Waals surface area (Å²) in [5.41, 5.74) is 15.2. The monoisotopic (exact) mass is 740 g/mol. The Hall–Kier alpha value is -7.82. The van der Waals surface area contributed by atoms with Gasteiger partial charge in [0.05, 0.1) is 22.1 Å². The number of hydrogen-bond donors (Lipinski definition) is 0. The Morgan fingerprint density at radius 2 is 0.638 bits per heavy atom. The highest BCUT2D eigenvalue weighted by atomic mass is 16.3. The summed E-state index contributed by atoms with van der Waals surface area (Å²) in [5, 5.41) is 9.41. The van der Waals surface area contributed by atoms with Crippen LogP contribution in [-0.2, 0) is 0 Å². The Morgan fingerprint density at radius 1 is 0.241 bits per heavy atom. The van der Waals surface area contributed by atoms with Crippen LogP contribution in [0.1, 0.15) is 0 Å². The van der Waals surface area contributed by atoms with Gasteiger partial charge in [0, 0.05) is 54.5 Å². The molecule has 0 saturated carbocycles. The van der Waals surface area contributed by atoms with Gasteiger partial charge in [-0.25, -0.2) is 0 Å². The number of nitrogens with zero attached hydrogens (tertiary/aromatic N) is 2. The second-order valence-electron chi connectivity index (χ2n) is 15.3. The summed E-state index contributed by atoms with van der Waals surface area (Å²) in [6.45, 7) is 0. The van der Waals surface area contributed by atoms with Crippen molar-refractivity contribution < 1.29 is 8.83 Å². The van der Waals surface area contributed by atoms with E-state index in [1.165, 1.54) is 60.3 Å². The largest absolute Gasteiger partial charge is 0.456 e. The maximum atomic E-state index is 6.47. The lowest BCUT2D eigenvalue weighted by atomic mass is 9.97. The maximum Gasteiger partial charge on any atom is 0.135 e. The SMILES string of the molecule is c1cc(-c2ccc3oc4ccccc4c3c2)cc(-c2ccc3c(c2)c2ccccc2n3-c2ccc3oc4ccc(-n5c6ccccc6c6ccccc65)cc4c3c2)c1. The Morgan fingerprint density at radius 3 is 1.22 bits per heavy atom. The van der Waals surface area contributed by atoms with Crippen LogP contribution >= 0.6 is 0 Å². The van der Waals surface area contributed by atoms with Gasteiger partial charge in [0.1, 0.15) is 22.3 Å². The molecule has 0 atom stereocenters. The predicted octanol–water partition coefficient (Wildman–Crippen LogP) is 15.0. The lowest BCUT2D eigenvalue weighted by Gasteiger charge is -2.10. The molecular formula is C54H32N2O2. The van der Waals surface area contributed by atoms with Crippen molar-refractivity contribution in [2.24, 2.45) is 0 Å². The summed E-state index contributed by atoms with van der Waals surface area (Å²) in [7, 11) is 0. The van der Waals surface area contributed by atoms with Crippen LogP contribution in [0, 0.1) is 0 Å². The first-order chi connectivity index (χ1) is 28.7. The van der Waals surface area contributed by atoms with Crippen LogP contribution in [0.2, 0.25) is 0 Å². The van der Waals surface area contributed by atoms with Crippen LogP contribution in [0.3, 0.4) is 0 Å². The summed E-state index contributed by atoms with van der Waals surface area (Å²) >= 11 is 0. The van der Waals surface area contributed by atoms with Gasteiger partial charge in [0.25, 0.3) is 0 Å². The minimum atomic E-state index is 0.876. The van der Waals surface area contributed by atoms with Crippen molar-refractivity contribution in [3.05, 3.63) is 194 Å². The van der Waals surface area contributed by atoms with Crippen LogP contribution in [0.4, 0.5) is 0 Å². The Kier molecular flexibility index (Phi) is 6.41. The van der Waals surface area contributed by atoms with E-state index >= 15 is 0 Å². The first-order valence-corrected chi connectivity index (χ1v) is 19.7. The number of fused-ring (bicyclic) bond motifs is 12. The van der Waals surface area contributed by atoms with Crippen molar-refractivity contribution in [1.29, 1.82) is 0 Å². The average molecular weight is 741 g/mol. The number of benzene rings is 9. The molecule has 0 unspecified atom stereocenters. The molecule has 13 rings (SSSR count). The number of furan rings is 2. The van der Waals surface area contributed by atoms with Crippen LogP contribution in [0.5, 0.6) is 0 Å². The van der Waals surface area contributed by atoms with E-state index in [1.54, 1.807) is 0 Å². The fourth-order valence-electron chi connectivity index (χ4n) is 9.45. The predicted molar refractivity (Wildman–Crippen MR) is 241 cm³/mol. The highest BCUT2D eigenvalue weighted by molar-refractivity contribution is 6.13. The summed E-state index contributed by atoms with van der Waals surface area (Å²) in [4.78, 5) is 0. The van der Waals surface area contributed by atoms with E-state index in [4.69, 9.17) is 8.83 Å². The van der Waals surface area contributed by atoms with Gasteiger partial charge in [0.15, 0.2) is 0 Å². The van der Waals surface area contributed by atoms with Gasteiger partial charge in [-0.1, -0.05) is 103 Å². The third-order valence-electron chi connectivity index (χ3n) is 12.1. The van der Waals surface area contributed by atoms with E-state index in [9.17, 15) is 0 Å². The zero-order chi connectivity index (χ0) is 37.9. The smallest absolute Gasteiger partial charge is 0.135 e. The van der Waals surface area contributed by atoms with E-state index < -0.39 is 0 Å². The Labute approximate surface area is 332 Å². The molecule has 9 aromatic carbocycles. The zero-order valence-corrected chi connectivity index (χ0v) is 31.2. The van der Waals surface area contributed by atoms with E-state index in [0.29, 0.717) is 0 Å². The number of para-hydroxylation sites is 4. The molecule has 58 heavy (non-hydrogen) atoms. The molecule has 4 aromatic heterocycles. The van der Waals surface area contributed by atoms with Gasteiger partial charge >= 0.3 is 0 Å². The van der Waals surface area contributed by atoms with Crippen LogP contribution < -0.4 is 0 Å². The molecule has 0 aliphatic carbocycles. The second kappa shape index (κ2) is 11.8. The average Bonchev–Trinajstić information content (AvgIpc) is 4.03. The molecule has 0 fully saturated rings. The van der Waals surface area contributed by atoms with Crippen molar-refractivity contribution in [3.8, 4) is 33.6 Å². The van der Waals surface area contributed by atoms with Crippen LogP contribution in [0.15, 0.2) is 203 Å². The number of rotatable bonds is 4. The van der Waals surface area contributed by atoms with E-state index in [0.717, 1.165) is 60.8 Å². The molecule has 4 heteroatoms. The highest BCUT2D eigenvalue weighted by Crippen LogP contribution is 2.40. The standard InChI is InChI=1S/C54H32N2O2/c1-5-16-47-39(12-1)40-13-2-6-17-48(40)55(47)37-22-26-53-45(31-37)46-32-38(23-27-54(46)58-53)56-49-18-7-3-14-41(49)43-29-35(20-24-50(43)56)33-10-9-11-34(28-33)36-21-25-52-44(30-36)42-15-4-8-19-51(42)57-52/h1-32H. The second-order valence-corrected chi connectivity index (χ2v) is 15.3. The van der Waals surface area contributed by atoms with Gasteiger partial charge in [0.2, 0.25) is 0 Å². The Bertz CT molecular complexity index is 3760. The molecule has 0 saturated heterocycles. The van der Waals surface area contributed by atoms with Gasteiger partial charge in [-0.2, -0.15) is 0 Å². The molecule has 0 bridgehead atoms. The molecule has 0 aliphatic heterocycles. The normalized spacial score (nSPS) is 12.1. The third-order valence-corrected chi connectivity index (χ3v) is 12.1. The van der Waals surface area contributed by atoms with Gasteiger partial charge in [-0.15, -0.1) is 0 Å². The number of hydrogen-bond acceptors (Lipinski definition) is 2. The van der Waals surface area contributed by atoms with Crippen LogP contribution in [0.25, 0.3) is 121 Å². The topological polar surface area (TPSA) is 36.1 Å². The Balaban J connectivity index is 0.940. The van der Waals surface area contributed by atoms with Gasteiger partial charge < -0.3 is 18.0 Å². The van der Waals surface area contributed by atoms with Crippen molar-refractivity contribution in [3.63, 3.8) is 0 Å². The molecule has 0 N–H and O–H groups in total. The summed E-state index contributed by atoms with van der Waals surface area (Å²) in [6, 6.07) is 69.7. The van der Waals surface area contributed by atoms with E-state index in [2.05, 4.69) is 191 Å². The minimum absolute atomic E-state index is 0.876. The van der Waals surface area contributed by atoms with E-state index in [-0.39, 0.29) is 0 Å². The van der Waals surface area contributed by atoms with Gasteiger partial charge in [-0.05, 0) is 113 Å². The minimum Gasteiger partial charge on any atom is -0.456 e. The maximum absolute atomic E-state index is 6.47. The van der Waals surface area contributed by atoms with Crippen molar-refractivity contribution >= 4 is 87.5 Å². The van der Waals surface area contributed by atoms with Gasteiger partial charge in [-0.3, -0.25) is 0 Å². The third kappa shape index (κ3) is 4.51. The van der Waals surface area contributed by atoms with Crippen LogP contribution in [-0.4, -0.2) is 9.13 Å². The molecule has 270 valence electrons. The molecule has 0 amide bonds. The summed E-state index contributed by atoms with van der Waals surface area (Å²) in [6.07, 6.45) is 0. The lowest BCUT2D eigenvalue weighted by Crippen LogP contribution is -1.94. The molecule has 4 heterocycles. The molecular weight excluding hydrogens is 709 g/mol. The summed E-state index contributed by atoms with van der Waals surface area (Å²) < 4.78 is 17.3. The van der Waals surface area contributed by atoms with E-state index in [1.807, 2.05) is 12.1 Å². The quantitative estimate of drug-likeness (QED) is 0.180. The summed E-state index contributed by atoms with van der Waals surface area (Å²) in [5.74, 6) is 0. The zero-order valence-electron chi connectivity index (χ0n) is 31.2. The molecule has 4 nitrogen and oxygen atoms in total. The lowest BCUT2D eigenvalue weighted by molar-refractivity contribution is 0.668. The molecule has 0 radical (unpaired) electrons. The van der Waals surface area contributed by atoms with Crippen molar-refractivity contribution in [1.82, 2.24) is 9.13 Å². The first-order valence-electron chi connectivity index (χ1n) is 19.7.